The van der Waals surface area contributed by atoms with E-state index >= 15 is 0 Å². The second-order valence-corrected chi connectivity index (χ2v) is 6.94. The highest BCUT2D eigenvalue weighted by atomic mass is 35.5. The van der Waals surface area contributed by atoms with Crippen molar-refractivity contribution >= 4 is 23.4 Å². The van der Waals surface area contributed by atoms with E-state index in [1.807, 2.05) is 37.0 Å². The Morgan fingerprint density at radius 2 is 2.28 bits per heavy atom. The fourth-order valence-corrected chi connectivity index (χ4v) is 4.38. The molecule has 0 aromatic heterocycles. The van der Waals surface area contributed by atoms with Gasteiger partial charge in [-0.05, 0) is 50.8 Å². The fraction of sp³-hybridized carbons (Fsp3) is 0.571. The molecule has 1 N–H and O–H groups in total. The first-order valence-electron chi connectivity index (χ1n) is 6.25. The Morgan fingerprint density at radius 1 is 1.50 bits per heavy atom. The summed E-state index contributed by atoms with van der Waals surface area (Å²) in [5, 5.41) is 4.20. The van der Waals surface area contributed by atoms with Gasteiger partial charge in [0.05, 0.1) is 13.2 Å². The van der Waals surface area contributed by atoms with Gasteiger partial charge in [0.1, 0.15) is 5.75 Å². The summed E-state index contributed by atoms with van der Waals surface area (Å²) in [5.74, 6) is 2.14. The van der Waals surface area contributed by atoms with Crippen LogP contribution in [-0.2, 0) is 0 Å². The van der Waals surface area contributed by atoms with Crippen LogP contribution in [0.4, 0.5) is 0 Å². The third-order valence-electron chi connectivity index (χ3n) is 3.65. The average molecular weight is 286 g/mol. The smallest absolute Gasteiger partial charge is 0.123 e. The lowest BCUT2D eigenvalue weighted by atomic mass is 9.90. The number of nitrogens with one attached hydrogen (secondary N) is 1. The monoisotopic (exact) mass is 285 g/mol. The molecule has 2 rings (SSSR count). The molecule has 1 fully saturated rings. The third-order valence-corrected chi connectivity index (χ3v) is 5.48. The Hall–Kier alpha value is -0.380. The summed E-state index contributed by atoms with van der Waals surface area (Å²) in [4.78, 5) is 0. The van der Waals surface area contributed by atoms with Crippen LogP contribution in [0.2, 0.25) is 5.02 Å². The van der Waals surface area contributed by atoms with E-state index in [4.69, 9.17) is 16.3 Å². The highest BCUT2D eigenvalue weighted by Crippen LogP contribution is 2.48. The molecular formula is C14H20ClNOS. The molecule has 0 saturated carbocycles. The molecule has 1 aliphatic rings. The zero-order valence-corrected chi connectivity index (χ0v) is 12.7. The molecule has 100 valence electrons. The second-order valence-electron chi connectivity index (χ2n) is 4.87. The Balaban J connectivity index is 2.40. The molecule has 2 atom stereocenters. The van der Waals surface area contributed by atoms with Gasteiger partial charge in [0.2, 0.25) is 0 Å². The summed E-state index contributed by atoms with van der Waals surface area (Å²) in [7, 11) is 3.72. The minimum absolute atomic E-state index is 0.215. The zero-order chi connectivity index (χ0) is 13.2. The molecule has 0 spiro atoms. The lowest BCUT2D eigenvalue weighted by molar-refractivity contribution is 0.382. The molecule has 0 radical (unpaired) electrons. The normalized spacial score (nSPS) is 25.1. The number of thioether (sulfide) groups is 1. The Labute approximate surface area is 118 Å². The maximum absolute atomic E-state index is 6.14. The number of ether oxygens (including phenoxy) is 1. The number of rotatable bonds is 4. The predicted octanol–water partition coefficient (Wildman–Crippen LogP) is 3.89. The molecule has 1 heterocycles. The van der Waals surface area contributed by atoms with Crippen LogP contribution < -0.4 is 10.1 Å². The van der Waals surface area contributed by atoms with Crippen LogP contribution in [0.5, 0.6) is 5.75 Å². The average Bonchev–Trinajstić information content (AvgIpc) is 2.78. The van der Waals surface area contributed by atoms with Crippen LogP contribution in [0, 0.1) is 0 Å². The van der Waals surface area contributed by atoms with Crippen molar-refractivity contribution in [1.29, 1.82) is 0 Å². The van der Waals surface area contributed by atoms with Gasteiger partial charge in [-0.3, -0.25) is 0 Å². The van der Waals surface area contributed by atoms with E-state index in [2.05, 4.69) is 12.2 Å². The molecule has 1 aliphatic heterocycles. The van der Waals surface area contributed by atoms with Crippen LogP contribution in [0.3, 0.4) is 0 Å². The van der Waals surface area contributed by atoms with Crippen molar-refractivity contribution in [2.75, 3.05) is 19.9 Å². The maximum Gasteiger partial charge on any atom is 0.123 e. The van der Waals surface area contributed by atoms with Gasteiger partial charge >= 0.3 is 0 Å². The Morgan fingerprint density at radius 3 is 2.83 bits per heavy atom. The van der Waals surface area contributed by atoms with Crippen LogP contribution in [0.1, 0.15) is 31.4 Å². The molecule has 2 nitrogen and oxygen atoms in total. The minimum Gasteiger partial charge on any atom is -0.496 e. The van der Waals surface area contributed by atoms with Crippen molar-refractivity contribution in [3.8, 4) is 5.75 Å². The Kier molecular flexibility index (Phi) is 4.46. The van der Waals surface area contributed by atoms with Gasteiger partial charge in [-0.2, -0.15) is 11.8 Å². The highest BCUT2D eigenvalue weighted by Gasteiger charge is 2.39. The highest BCUT2D eigenvalue weighted by molar-refractivity contribution is 8.00. The molecule has 1 saturated heterocycles. The molecule has 0 aliphatic carbocycles. The maximum atomic E-state index is 6.14. The van der Waals surface area contributed by atoms with Crippen molar-refractivity contribution in [2.45, 2.75) is 30.6 Å². The summed E-state index contributed by atoms with van der Waals surface area (Å²) in [6, 6.07) is 6.11. The van der Waals surface area contributed by atoms with E-state index in [9.17, 15) is 0 Å². The first-order chi connectivity index (χ1) is 8.60. The molecule has 4 heteroatoms. The summed E-state index contributed by atoms with van der Waals surface area (Å²) in [6.07, 6.45) is 2.50. The third kappa shape index (κ3) is 2.63. The number of benzene rings is 1. The van der Waals surface area contributed by atoms with Crippen LogP contribution in [-0.4, -0.2) is 24.7 Å². The van der Waals surface area contributed by atoms with E-state index < -0.39 is 0 Å². The van der Waals surface area contributed by atoms with Gasteiger partial charge in [-0.25, -0.2) is 0 Å². The van der Waals surface area contributed by atoms with Gasteiger partial charge in [0, 0.05) is 15.3 Å². The molecule has 0 amide bonds. The molecule has 2 unspecified atom stereocenters. The van der Waals surface area contributed by atoms with Gasteiger partial charge in [0.25, 0.3) is 0 Å². The second kappa shape index (κ2) is 5.72. The molecule has 18 heavy (non-hydrogen) atoms. The van der Waals surface area contributed by atoms with E-state index in [1.54, 1.807) is 7.11 Å². The van der Waals surface area contributed by atoms with E-state index in [1.165, 1.54) is 18.6 Å². The standard InChI is InChI=1S/C14H20ClNOS/c1-14(7-4-8-18-14)13(16-2)11-9-10(15)5-6-12(11)17-3/h5-6,9,13,16H,4,7-8H2,1-3H3. The van der Waals surface area contributed by atoms with Gasteiger partial charge < -0.3 is 10.1 Å². The lowest BCUT2D eigenvalue weighted by Gasteiger charge is -2.34. The van der Waals surface area contributed by atoms with Crippen LogP contribution in [0.15, 0.2) is 18.2 Å². The molecule has 0 bridgehead atoms. The van der Waals surface area contributed by atoms with Crippen molar-refractivity contribution in [3.63, 3.8) is 0 Å². The van der Waals surface area contributed by atoms with Crippen molar-refractivity contribution in [2.24, 2.45) is 0 Å². The molecular weight excluding hydrogens is 266 g/mol. The van der Waals surface area contributed by atoms with Gasteiger partial charge in [-0.1, -0.05) is 11.6 Å². The minimum atomic E-state index is 0.215. The number of hydrogen-bond acceptors (Lipinski definition) is 3. The van der Waals surface area contributed by atoms with Gasteiger partial charge in [-0.15, -0.1) is 0 Å². The first-order valence-corrected chi connectivity index (χ1v) is 7.62. The quantitative estimate of drug-likeness (QED) is 0.907. The predicted molar refractivity (Wildman–Crippen MR) is 79.9 cm³/mol. The number of halogens is 1. The Bertz CT molecular complexity index is 418. The summed E-state index contributed by atoms with van der Waals surface area (Å²) >= 11 is 8.17. The SMILES string of the molecule is CNC(c1cc(Cl)ccc1OC)C1(C)CCCS1. The van der Waals surface area contributed by atoms with E-state index in [0.29, 0.717) is 0 Å². The van der Waals surface area contributed by atoms with Crippen molar-refractivity contribution in [1.82, 2.24) is 5.32 Å². The van der Waals surface area contributed by atoms with E-state index in [-0.39, 0.29) is 10.8 Å². The number of hydrogen-bond donors (Lipinski definition) is 1. The summed E-state index contributed by atoms with van der Waals surface area (Å²) < 4.78 is 5.69. The summed E-state index contributed by atoms with van der Waals surface area (Å²) in [6.45, 7) is 2.33. The number of methoxy groups -OCH3 is 1. The van der Waals surface area contributed by atoms with Crippen molar-refractivity contribution < 1.29 is 4.74 Å². The fourth-order valence-electron chi connectivity index (χ4n) is 2.75. The molecule has 1 aromatic rings. The van der Waals surface area contributed by atoms with Gasteiger partial charge in [0.15, 0.2) is 0 Å². The van der Waals surface area contributed by atoms with Crippen LogP contribution in [0.25, 0.3) is 0 Å². The zero-order valence-electron chi connectivity index (χ0n) is 11.1. The topological polar surface area (TPSA) is 21.3 Å². The first kappa shape index (κ1) is 14.0. The largest absolute Gasteiger partial charge is 0.496 e. The van der Waals surface area contributed by atoms with Crippen LogP contribution >= 0.6 is 23.4 Å². The lowest BCUT2D eigenvalue weighted by Crippen LogP contribution is -2.35. The molecule has 1 aromatic carbocycles. The van der Waals surface area contributed by atoms with Crippen molar-refractivity contribution in [3.05, 3.63) is 28.8 Å². The van der Waals surface area contributed by atoms with E-state index in [0.717, 1.165) is 16.3 Å². The summed E-state index contributed by atoms with van der Waals surface area (Å²) in [5.41, 5.74) is 1.16.